The summed E-state index contributed by atoms with van der Waals surface area (Å²) in [6, 6.07) is 13.5. The molecule has 232 valence electrons. The van der Waals surface area contributed by atoms with Gasteiger partial charge in [0.25, 0.3) is 0 Å². The summed E-state index contributed by atoms with van der Waals surface area (Å²) in [6.45, 7) is 5.76. The van der Waals surface area contributed by atoms with Crippen molar-refractivity contribution < 1.29 is 14.3 Å². The van der Waals surface area contributed by atoms with Crippen LogP contribution in [-0.2, 0) is 0 Å². The number of fused-ring (bicyclic) bond motifs is 1. The largest absolute Gasteiger partial charge is 0.465 e. The van der Waals surface area contributed by atoms with E-state index in [-0.39, 0.29) is 24.1 Å². The van der Waals surface area contributed by atoms with Crippen molar-refractivity contribution in [3.63, 3.8) is 0 Å². The van der Waals surface area contributed by atoms with Crippen LogP contribution in [0, 0.1) is 5.82 Å². The number of likely N-dealkylation sites (N-methyl/N-ethyl adjacent to an activating group) is 2. The van der Waals surface area contributed by atoms with Crippen LogP contribution in [-0.4, -0.2) is 125 Å². The standard InChI is InChI=1S/C32H40FN9O2/c1-37(2)15-20-41(25-7-6-13-40(22-25)32(43)44)31-28(33)29(23-9-11-24(12-10-23)39-18-16-38(3)17-19-39)35-30(36-31)26-21-34-42-14-5-4-8-27(26)42/h4-5,8-12,14,21,25H,6-7,13,15-20,22H2,1-3H3,(H,43,44)/t25-/m1/s1. The number of hydrogen-bond acceptors (Lipinski definition) is 8. The van der Waals surface area contributed by atoms with Gasteiger partial charge in [-0.05, 0) is 58.3 Å². The number of rotatable bonds is 8. The summed E-state index contributed by atoms with van der Waals surface area (Å²) in [7, 11) is 6.07. The zero-order valence-corrected chi connectivity index (χ0v) is 25.6. The number of pyridine rings is 1. The van der Waals surface area contributed by atoms with E-state index >= 15 is 4.39 Å². The Balaban J connectivity index is 1.45. The van der Waals surface area contributed by atoms with Gasteiger partial charge in [-0.25, -0.2) is 23.7 Å². The van der Waals surface area contributed by atoms with Crippen LogP contribution in [0.4, 0.5) is 20.7 Å². The summed E-state index contributed by atoms with van der Waals surface area (Å²) < 4.78 is 18.6. The molecular formula is C32H40FN9O2. The minimum atomic E-state index is -0.960. The molecule has 0 aliphatic carbocycles. The molecule has 1 aromatic carbocycles. The van der Waals surface area contributed by atoms with Crippen molar-refractivity contribution in [2.24, 2.45) is 0 Å². The molecule has 1 N–H and O–H groups in total. The average molecular weight is 602 g/mol. The van der Waals surface area contributed by atoms with Crippen LogP contribution in [0.1, 0.15) is 12.8 Å². The van der Waals surface area contributed by atoms with Gasteiger partial charge in [-0.1, -0.05) is 18.2 Å². The lowest BCUT2D eigenvalue weighted by molar-refractivity contribution is 0.129. The number of hydrogen-bond donors (Lipinski definition) is 1. The monoisotopic (exact) mass is 601 g/mol. The van der Waals surface area contributed by atoms with Crippen molar-refractivity contribution >= 4 is 23.1 Å². The molecular weight excluding hydrogens is 561 g/mol. The van der Waals surface area contributed by atoms with Gasteiger partial charge in [0.15, 0.2) is 17.5 Å². The molecule has 12 heteroatoms. The zero-order chi connectivity index (χ0) is 30.8. The predicted molar refractivity (Wildman–Crippen MR) is 170 cm³/mol. The molecule has 2 saturated heterocycles. The van der Waals surface area contributed by atoms with Crippen molar-refractivity contribution in [3.8, 4) is 22.6 Å². The lowest BCUT2D eigenvalue weighted by Crippen LogP contribution is -2.51. The first-order valence-electron chi connectivity index (χ1n) is 15.2. The molecule has 2 aliphatic rings. The normalized spacial score (nSPS) is 17.9. The average Bonchev–Trinajstić information content (AvgIpc) is 3.47. The highest BCUT2D eigenvalue weighted by Crippen LogP contribution is 2.34. The molecule has 5 heterocycles. The topological polar surface area (TPSA) is 96.6 Å². The summed E-state index contributed by atoms with van der Waals surface area (Å²) >= 11 is 0. The second-order valence-corrected chi connectivity index (χ2v) is 12.0. The lowest BCUT2D eigenvalue weighted by atomic mass is 10.0. The van der Waals surface area contributed by atoms with E-state index in [9.17, 15) is 9.90 Å². The van der Waals surface area contributed by atoms with Gasteiger partial charge in [0.2, 0.25) is 0 Å². The van der Waals surface area contributed by atoms with Gasteiger partial charge >= 0.3 is 6.09 Å². The number of piperidine rings is 1. The Morgan fingerprint density at radius 3 is 2.52 bits per heavy atom. The molecule has 4 aromatic rings. The fraction of sp³-hybridized carbons (Fsp3) is 0.438. The number of aromatic nitrogens is 4. The molecule has 0 saturated carbocycles. The summed E-state index contributed by atoms with van der Waals surface area (Å²) in [5.74, 6) is 0.0489. The predicted octanol–water partition coefficient (Wildman–Crippen LogP) is 3.86. The summed E-state index contributed by atoms with van der Waals surface area (Å²) in [6.07, 6.45) is 4.04. The molecule has 6 rings (SSSR count). The first-order valence-corrected chi connectivity index (χ1v) is 15.2. The number of carbonyl (C=O) groups is 1. The third-order valence-corrected chi connectivity index (χ3v) is 8.68. The van der Waals surface area contributed by atoms with Crippen LogP contribution < -0.4 is 9.80 Å². The van der Waals surface area contributed by atoms with Crippen molar-refractivity contribution in [3.05, 3.63) is 60.7 Å². The number of anilines is 2. The Kier molecular flexibility index (Phi) is 8.62. The Hall–Kier alpha value is -4.29. The van der Waals surface area contributed by atoms with Gasteiger partial charge in [-0.2, -0.15) is 5.10 Å². The summed E-state index contributed by atoms with van der Waals surface area (Å²) in [5.41, 5.74) is 3.49. The fourth-order valence-corrected chi connectivity index (χ4v) is 6.09. The molecule has 1 amide bonds. The molecule has 11 nitrogen and oxygen atoms in total. The second-order valence-electron chi connectivity index (χ2n) is 12.0. The molecule has 3 aromatic heterocycles. The maximum Gasteiger partial charge on any atom is 0.407 e. The van der Waals surface area contributed by atoms with E-state index in [4.69, 9.17) is 9.97 Å². The Morgan fingerprint density at radius 1 is 1.02 bits per heavy atom. The minimum Gasteiger partial charge on any atom is -0.465 e. The minimum absolute atomic E-state index is 0.183. The number of piperazine rings is 1. The third kappa shape index (κ3) is 6.18. The number of nitrogens with zero attached hydrogens (tertiary/aromatic N) is 9. The highest BCUT2D eigenvalue weighted by Gasteiger charge is 2.32. The van der Waals surface area contributed by atoms with E-state index in [2.05, 4.69) is 21.9 Å². The Bertz CT molecular complexity index is 1600. The first-order chi connectivity index (χ1) is 21.3. The molecule has 0 bridgehead atoms. The van der Waals surface area contributed by atoms with E-state index in [1.54, 1.807) is 10.7 Å². The molecule has 0 unspecified atom stereocenters. The number of benzene rings is 1. The number of halogens is 1. The smallest absolute Gasteiger partial charge is 0.407 e. The van der Waals surface area contributed by atoms with Crippen LogP contribution in [0.2, 0.25) is 0 Å². The number of carboxylic acid groups (broad SMARTS) is 1. The van der Waals surface area contributed by atoms with Gasteiger partial charge in [0.1, 0.15) is 5.69 Å². The third-order valence-electron chi connectivity index (χ3n) is 8.68. The van der Waals surface area contributed by atoms with Gasteiger partial charge in [0.05, 0.1) is 17.3 Å². The first kappa shape index (κ1) is 29.8. The van der Waals surface area contributed by atoms with Gasteiger partial charge in [-0.3, -0.25) is 0 Å². The highest BCUT2D eigenvalue weighted by molar-refractivity contribution is 5.78. The Morgan fingerprint density at radius 2 is 1.80 bits per heavy atom. The number of likely N-dealkylation sites (tertiary alicyclic amines) is 1. The van der Waals surface area contributed by atoms with Crippen LogP contribution in [0.3, 0.4) is 0 Å². The van der Waals surface area contributed by atoms with Crippen molar-refractivity contribution in [1.29, 1.82) is 0 Å². The van der Waals surface area contributed by atoms with Crippen LogP contribution in [0.5, 0.6) is 0 Å². The van der Waals surface area contributed by atoms with Crippen LogP contribution in [0.15, 0.2) is 54.9 Å². The van der Waals surface area contributed by atoms with Gasteiger partial charge in [0, 0.05) is 75.8 Å². The van der Waals surface area contributed by atoms with Crippen LogP contribution in [0.25, 0.3) is 28.2 Å². The zero-order valence-electron chi connectivity index (χ0n) is 25.6. The van der Waals surface area contributed by atoms with E-state index in [1.807, 2.05) is 72.6 Å². The van der Waals surface area contributed by atoms with Crippen molar-refractivity contribution in [2.75, 3.05) is 83.3 Å². The quantitative estimate of drug-likeness (QED) is 0.323. The second kappa shape index (κ2) is 12.7. The maximum atomic E-state index is 16.8. The fourth-order valence-electron chi connectivity index (χ4n) is 6.09. The van der Waals surface area contributed by atoms with Crippen molar-refractivity contribution in [2.45, 2.75) is 18.9 Å². The molecule has 44 heavy (non-hydrogen) atoms. The van der Waals surface area contributed by atoms with Crippen molar-refractivity contribution in [1.82, 2.24) is 34.3 Å². The highest BCUT2D eigenvalue weighted by atomic mass is 19.1. The Labute approximate surface area is 257 Å². The maximum absolute atomic E-state index is 16.8. The van der Waals surface area contributed by atoms with E-state index in [0.29, 0.717) is 43.0 Å². The van der Waals surface area contributed by atoms with E-state index < -0.39 is 11.9 Å². The molecule has 2 fully saturated rings. The summed E-state index contributed by atoms with van der Waals surface area (Å²) in [4.78, 5) is 31.6. The summed E-state index contributed by atoms with van der Waals surface area (Å²) in [5, 5.41) is 14.2. The van der Waals surface area contributed by atoms with E-state index in [0.717, 1.165) is 43.8 Å². The molecule has 2 aliphatic heterocycles. The SMILES string of the molecule is CN(C)CCN(c1nc(-c2cnn3ccccc23)nc(-c2ccc(N3CCN(C)CC3)cc2)c1F)[C@@H]1CCCN(C(=O)O)C1. The van der Waals surface area contributed by atoms with E-state index in [1.165, 1.54) is 4.90 Å². The van der Waals surface area contributed by atoms with Crippen LogP contribution >= 0.6 is 0 Å². The van der Waals surface area contributed by atoms with Gasteiger partial charge in [-0.15, -0.1) is 0 Å². The molecule has 1 atom stereocenters. The lowest BCUT2D eigenvalue weighted by Gasteiger charge is -2.39. The molecule has 0 radical (unpaired) electrons. The van der Waals surface area contributed by atoms with Gasteiger partial charge < -0.3 is 29.6 Å². The molecule has 0 spiro atoms. The number of amides is 1.